The SMILES string of the molecule is Oc1ccc(C=Nc2ccc(Cl)cc2Cl)cc1. The van der Waals surface area contributed by atoms with Crippen molar-refractivity contribution < 1.29 is 5.11 Å². The molecule has 0 bridgehead atoms. The van der Waals surface area contributed by atoms with E-state index in [1.165, 1.54) is 0 Å². The maximum absolute atomic E-state index is 9.14. The standard InChI is InChI=1S/C13H9Cl2NO/c14-10-3-6-13(12(15)7-10)16-8-9-1-4-11(17)5-2-9/h1-8,17H. The molecule has 0 aromatic heterocycles. The molecule has 0 aliphatic carbocycles. The van der Waals surface area contributed by atoms with E-state index in [4.69, 9.17) is 28.3 Å². The van der Waals surface area contributed by atoms with E-state index in [2.05, 4.69) is 4.99 Å². The summed E-state index contributed by atoms with van der Waals surface area (Å²) in [6, 6.07) is 11.9. The van der Waals surface area contributed by atoms with Crippen LogP contribution in [0.1, 0.15) is 5.56 Å². The average molecular weight is 266 g/mol. The average Bonchev–Trinajstić information content (AvgIpc) is 2.30. The molecule has 2 aromatic rings. The zero-order valence-electron chi connectivity index (χ0n) is 8.77. The van der Waals surface area contributed by atoms with E-state index in [9.17, 15) is 0 Å². The van der Waals surface area contributed by atoms with E-state index in [1.54, 1.807) is 48.7 Å². The minimum Gasteiger partial charge on any atom is -0.508 e. The first-order valence-corrected chi connectivity index (χ1v) is 5.69. The van der Waals surface area contributed by atoms with Crippen LogP contribution in [-0.4, -0.2) is 11.3 Å². The van der Waals surface area contributed by atoms with Gasteiger partial charge in [-0.15, -0.1) is 0 Å². The van der Waals surface area contributed by atoms with E-state index < -0.39 is 0 Å². The Morgan fingerprint density at radius 3 is 2.35 bits per heavy atom. The third-order valence-corrected chi connectivity index (χ3v) is 2.69. The zero-order valence-corrected chi connectivity index (χ0v) is 10.3. The lowest BCUT2D eigenvalue weighted by molar-refractivity contribution is 0.475. The van der Waals surface area contributed by atoms with Crippen LogP contribution in [0, 0.1) is 0 Å². The van der Waals surface area contributed by atoms with Crippen LogP contribution in [0.4, 0.5) is 5.69 Å². The molecule has 0 saturated heterocycles. The second-order valence-electron chi connectivity index (χ2n) is 3.45. The molecule has 2 aromatic carbocycles. The molecule has 0 fully saturated rings. The van der Waals surface area contributed by atoms with Crippen molar-refractivity contribution in [3.8, 4) is 5.75 Å². The van der Waals surface area contributed by atoms with E-state index in [1.807, 2.05) is 0 Å². The van der Waals surface area contributed by atoms with E-state index in [-0.39, 0.29) is 5.75 Å². The Morgan fingerprint density at radius 2 is 1.71 bits per heavy atom. The van der Waals surface area contributed by atoms with Gasteiger partial charge in [-0.2, -0.15) is 0 Å². The Labute approximate surface area is 109 Å². The molecule has 86 valence electrons. The van der Waals surface area contributed by atoms with Crippen molar-refractivity contribution in [1.82, 2.24) is 0 Å². The van der Waals surface area contributed by atoms with Gasteiger partial charge in [0.05, 0.1) is 10.7 Å². The number of phenols is 1. The number of hydrogen-bond acceptors (Lipinski definition) is 2. The molecular formula is C13H9Cl2NO. The highest BCUT2D eigenvalue weighted by molar-refractivity contribution is 6.36. The van der Waals surface area contributed by atoms with E-state index in [0.29, 0.717) is 15.7 Å². The van der Waals surface area contributed by atoms with Crippen molar-refractivity contribution in [1.29, 1.82) is 0 Å². The number of phenolic OH excluding ortho intramolecular Hbond substituents is 1. The van der Waals surface area contributed by atoms with Gasteiger partial charge in [0.1, 0.15) is 5.75 Å². The fraction of sp³-hybridized carbons (Fsp3) is 0. The van der Waals surface area contributed by atoms with Crippen LogP contribution in [0.15, 0.2) is 47.5 Å². The van der Waals surface area contributed by atoms with Gasteiger partial charge in [0.25, 0.3) is 0 Å². The van der Waals surface area contributed by atoms with Crippen LogP contribution in [0.2, 0.25) is 10.0 Å². The molecule has 0 unspecified atom stereocenters. The Kier molecular flexibility index (Phi) is 3.67. The van der Waals surface area contributed by atoms with Crippen molar-refractivity contribution in [2.75, 3.05) is 0 Å². The number of aliphatic imine (C=N–C) groups is 1. The maximum Gasteiger partial charge on any atom is 0.115 e. The number of aromatic hydroxyl groups is 1. The summed E-state index contributed by atoms with van der Waals surface area (Å²) < 4.78 is 0. The van der Waals surface area contributed by atoms with Crippen molar-refractivity contribution in [2.45, 2.75) is 0 Å². The lowest BCUT2D eigenvalue weighted by Crippen LogP contribution is -1.79. The molecule has 2 rings (SSSR count). The molecule has 0 atom stereocenters. The summed E-state index contributed by atoms with van der Waals surface area (Å²) in [6.07, 6.45) is 1.68. The van der Waals surface area contributed by atoms with Gasteiger partial charge in [-0.05, 0) is 48.0 Å². The third-order valence-electron chi connectivity index (χ3n) is 2.16. The number of nitrogens with zero attached hydrogens (tertiary/aromatic N) is 1. The normalized spacial score (nSPS) is 10.9. The molecule has 4 heteroatoms. The maximum atomic E-state index is 9.14. The van der Waals surface area contributed by atoms with Crippen molar-refractivity contribution >= 4 is 35.1 Å². The summed E-state index contributed by atoms with van der Waals surface area (Å²) in [6.45, 7) is 0. The number of halogens is 2. The summed E-state index contributed by atoms with van der Waals surface area (Å²) in [5, 5.41) is 10.2. The van der Waals surface area contributed by atoms with Crippen LogP contribution in [-0.2, 0) is 0 Å². The van der Waals surface area contributed by atoms with Gasteiger partial charge in [0.15, 0.2) is 0 Å². The minimum atomic E-state index is 0.228. The smallest absolute Gasteiger partial charge is 0.115 e. The van der Waals surface area contributed by atoms with Crippen LogP contribution in [0.5, 0.6) is 5.75 Å². The van der Waals surface area contributed by atoms with Gasteiger partial charge in [-0.3, -0.25) is 4.99 Å². The fourth-order valence-electron chi connectivity index (χ4n) is 1.29. The van der Waals surface area contributed by atoms with Crippen molar-refractivity contribution in [3.63, 3.8) is 0 Å². The molecule has 1 N–H and O–H groups in total. The monoisotopic (exact) mass is 265 g/mol. The summed E-state index contributed by atoms with van der Waals surface area (Å²) in [5.74, 6) is 0.228. The van der Waals surface area contributed by atoms with Gasteiger partial charge < -0.3 is 5.11 Å². The Hall–Kier alpha value is -1.51. The molecule has 0 saturated carbocycles. The largest absolute Gasteiger partial charge is 0.508 e. The van der Waals surface area contributed by atoms with Gasteiger partial charge in [0, 0.05) is 11.2 Å². The highest BCUT2D eigenvalue weighted by Gasteiger charge is 1.98. The molecule has 0 aliphatic rings. The molecule has 0 heterocycles. The van der Waals surface area contributed by atoms with Gasteiger partial charge >= 0.3 is 0 Å². The molecule has 0 amide bonds. The van der Waals surface area contributed by atoms with Crippen LogP contribution in [0.25, 0.3) is 0 Å². The Bertz CT molecular complexity index is 550. The second-order valence-corrected chi connectivity index (χ2v) is 4.29. The van der Waals surface area contributed by atoms with E-state index in [0.717, 1.165) is 5.56 Å². The lowest BCUT2D eigenvalue weighted by Gasteiger charge is -1.98. The molecular weight excluding hydrogens is 257 g/mol. The highest BCUT2D eigenvalue weighted by Crippen LogP contribution is 2.27. The van der Waals surface area contributed by atoms with Crippen LogP contribution in [0.3, 0.4) is 0 Å². The Morgan fingerprint density at radius 1 is 1.00 bits per heavy atom. The molecule has 0 aliphatic heterocycles. The minimum absolute atomic E-state index is 0.228. The molecule has 0 radical (unpaired) electrons. The summed E-state index contributed by atoms with van der Waals surface area (Å²) in [5.41, 5.74) is 1.54. The fourth-order valence-corrected chi connectivity index (χ4v) is 1.75. The Balaban J connectivity index is 2.23. The molecule has 17 heavy (non-hydrogen) atoms. The van der Waals surface area contributed by atoms with Gasteiger partial charge in [-0.1, -0.05) is 23.2 Å². The summed E-state index contributed by atoms with van der Waals surface area (Å²) >= 11 is 11.8. The number of rotatable bonds is 2. The van der Waals surface area contributed by atoms with Crippen molar-refractivity contribution in [3.05, 3.63) is 58.1 Å². The van der Waals surface area contributed by atoms with Gasteiger partial charge in [0.2, 0.25) is 0 Å². The zero-order chi connectivity index (χ0) is 12.3. The van der Waals surface area contributed by atoms with Gasteiger partial charge in [-0.25, -0.2) is 0 Å². The number of benzene rings is 2. The van der Waals surface area contributed by atoms with E-state index >= 15 is 0 Å². The van der Waals surface area contributed by atoms with Crippen LogP contribution < -0.4 is 0 Å². The van der Waals surface area contributed by atoms with Crippen molar-refractivity contribution in [2.24, 2.45) is 4.99 Å². The predicted octanol–water partition coefficient (Wildman–Crippen LogP) is 4.45. The quantitative estimate of drug-likeness (QED) is 0.800. The topological polar surface area (TPSA) is 32.6 Å². The molecule has 2 nitrogen and oxygen atoms in total. The lowest BCUT2D eigenvalue weighted by atomic mass is 10.2. The first-order chi connectivity index (χ1) is 8.15. The third kappa shape index (κ3) is 3.22. The summed E-state index contributed by atoms with van der Waals surface area (Å²) in [7, 11) is 0. The first-order valence-electron chi connectivity index (χ1n) is 4.93. The highest BCUT2D eigenvalue weighted by atomic mass is 35.5. The molecule has 0 spiro atoms. The summed E-state index contributed by atoms with van der Waals surface area (Å²) in [4.78, 5) is 4.25. The predicted molar refractivity (Wildman–Crippen MR) is 71.8 cm³/mol. The van der Waals surface area contributed by atoms with Crippen LogP contribution >= 0.6 is 23.2 Å². The second kappa shape index (κ2) is 5.21. The number of hydrogen-bond donors (Lipinski definition) is 1. The first kappa shape index (κ1) is 12.0.